The maximum atomic E-state index is 12.2. The van der Waals surface area contributed by atoms with Crippen molar-refractivity contribution >= 4 is 0 Å². The van der Waals surface area contributed by atoms with Crippen molar-refractivity contribution in [2.45, 2.75) is 19.3 Å². The van der Waals surface area contributed by atoms with Gasteiger partial charge in [0.05, 0.1) is 18.8 Å². The Morgan fingerprint density at radius 2 is 1.88 bits per heavy atom. The molecule has 1 aliphatic rings. The second-order valence-electron chi connectivity index (χ2n) is 6.18. The third-order valence-corrected chi connectivity index (χ3v) is 4.29. The van der Waals surface area contributed by atoms with Gasteiger partial charge in [0.25, 0.3) is 5.56 Å². The van der Waals surface area contributed by atoms with Crippen LogP contribution < -0.4 is 5.56 Å². The fraction of sp³-hybridized carbons (Fsp3) is 0.200. The third kappa shape index (κ3) is 3.57. The summed E-state index contributed by atoms with van der Waals surface area (Å²) in [4.78, 5) is 22.5. The van der Waals surface area contributed by atoms with E-state index in [9.17, 15) is 9.90 Å². The Bertz CT molecular complexity index is 983. The van der Waals surface area contributed by atoms with E-state index in [0.717, 1.165) is 22.4 Å². The lowest BCUT2D eigenvalue weighted by atomic mass is 10.1. The molecule has 1 aliphatic heterocycles. The molecule has 0 fully saturated rings. The van der Waals surface area contributed by atoms with Crippen LogP contribution in [-0.4, -0.2) is 21.5 Å². The van der Waals surface area contributed by atoms with Gasteiger partial charge in [-0.2, -0.15) is 9.99 Å². The van der Waals surface area contributed by atoms with Gasteiger partial charge in [0.1, 0.15) is 0 Å². The number of aromatic nitrogens is 2. The number of fused-ring (bicyclic) bond motifs is 7. The lowest BCUT2D eigenvalue weighted by Gasteiger charge is -2.12. The minimum Gasteiger partial charge on any atom is -0.362 e. The standard InChI is InChI=1S/C20H18N2O4/c23-19-8-7-18-16-5-1-3-14(11-16)9-10-25-26-20(24)17-6-2-4-15(12-17)13-22(19)21-18/h1-8,11-12,20,24H,9-10,13H2. The van der Waals surface area contributed by atoms with Crippen molar-refractivity contribution in [3.8, 4) is 11.3 Å². The van der Waals surface area contributed by atoms with Crippen molar-refractivity contribution in [1.82, 2.24) is 9.78 Å². The van der Waals surface area contributed by atoms with Crippen molar-refractivity contribution in [3.63, 3.8) is 0 Å². The van der Waals surface area contributed by atoms with E-state index in [4.69, 9.17) is 9.78 Å². The van der Waals surface area contributed by atoms with Crippen molar-refractivity contribution in [2.24, 2.45) is 0 Å². The molecule has 132 valence electrons. The lowest BCUT2D eigenvalue weighted by Crippen LogP contribution is -2.23. The molecule has 0 radical (unpaired) electrons. The minimum atomic E-state index is -1.19. The molecule has 4 rings (SSSR count). The van der Waals surface area contributed by atoms with E-state index < -0.39 is 6.29 Å². The Kier molecular flexibility index (Phi) is 4.62. The third-order valence-electron chi connectivity index (χ3n) is 4.29. The van der Waals surface area contributed by atoms with Crippen LogP contribution >= 0.6 is 0 Å². The largest absolute Gasteiger partial charge is 0.362 e. The highest BCUT2D eigenvalue weighted by atomic mass is 17.2. The van der Waals surface area contributed by atoms with Gasteiger partial charge in [0, 0.05) is 17.2 Å². The minimum absolute atomic E-state index is 0.181. The highest BCUT2D eigenvalue weighted by Crippen LogP contribution is 2.20. The second-order valence-corrected chi connectivity index (χ2v) is 6.18. The summed E-state index contributed by atoms with van der Waals surface area (Å²) in [6.45, 7) is 0.612. The van der Waals surface area contributed by atoms with Gasteiger partial charge < -0.3 is 5.11 Å². The summed E-state index contributed by atoms with van der Waals surface area (Å²) >= 11 is 0. The Labute approximate surface area is 150 Å². The number of aliphatic hydroxyl groups excluding tert-OH is 1. The van der Waals surface area contributed by atoms with Crippen molar-refractivity contribution in [1.29, 1.82) is 0 Å². The Morgan fingerprint density at radius 3 is 2.81 bits per heavy atom. The lowest BCUT2D eigenvalue weighted by molar-refractivity contribution is -0.373. The molecule has 1 N–H and O–H groups in total. The number of nitrogens with zero attached hydrogens (tertiary/aromatic N) is 2. The van der Waals surface area contributed by atoms with Gasteiger partial charge >= 0.3 is 0 Å². The van der Waals surface area contributed by atoms with Crippen LogP contribution in [0.15, 0.2) is 65.5 Å². The fourth-order valence-corrected chi connectivity index (χ4v) is 2.95. The van der Waals surface area contributed by atoms with Gasteiger partial charge in [-0.25, -0.2) is 9.57 Å². The molecule has 2 heterocycles. The molecule has 26 heavy (non-hydrogen) atoms. The molecule has 0 spiro atoms. The molecule has 0 amide bonds. The summed E-state index contributed by atoms with van der Waals surface area (Å²) < 4.78 is 1.42. The molecule has 0 saturated carbocycles. The molecule has 6 bridgehead atoms. The van der Waals surface area contributed by atoms with Crippen LogP contribution in [0.5, 0.6) is 0 Å². The predicted molar refractivity (Wildman–Crippen MR) is 95.2 cm³/mol. The zero-order valence-corrected chi connectivity index (χ0v) is 14.0. The Balaban J connectivity index is 1.80. The van der Waals surface area contributed by atoms with Gasteiger partial charge in [0.2, 0.25) is 6.29 Å². The second kappa shape index (κ2) is 7.21. The van der Waals surface area contributed by atoms with Crippen LogP contribution in [0.25, 0.3) is 11.3 Å². The van der Waals surface area contributed by atoms with Crippen LogP contribution in [0, 0.1) is 0 Å². The van der Waals surface area contributed by atoms with Crippen LogP contribution in [0.2, 0.25) is 0 Å². The summed E-state index contributed by atoms with van der Waals surface area (Å²) in [5, 5.41) is 14.6. The Hall–Kier alpha value is -2.80. The first kappa shape index (κ1) is 16.7. The monoisotopic (exact) mass is 350 g/mol. The molecule has 6 nitrogen and oxygen atoms in total. The first-order chi connectivity index (χ1) is 12.7. The number of aliphatic hydroxyl groups is 1. The van der Waals surface area contributed by atoms with E-state index in [0.29, 0.717) is 25.1 Å². The van der Waals surface area contributed by atoms with E-state index in [1.165, 1.54) is 10.7 Å². The maximum Gasteiger partial charge on any atom is 0.267 e. The van der Waals surface area contributed by atoms with Crippen LogP contribution in [0.3, 0.4) is 0 Å². The molecule has 6 heteroatoms. The van der Waals surface area contributed by atoms with Crippen molar-refractivity contribution in [2.75, 3.05) is 6.61 Å². The number of hydrogen-bond acceptors (Lipinski definition) is 5. The van der Waals surface area contributed by atoms with Crippen LogP contribution in [-0.2, 0) is 22.7 Å². The average Bonchev–Trinajstić information content (AvgIpc) is 2.67. The topological polar surface area (TPSA) is 73.6 Å². The van der Waals surface area contributed by atoms with Crippen molar-refractivity contribution in [3.05, 3.63) is 87.7 Å². The smallest absolute Gasteiger partial charge is 0.267 e. The molecule has 0 aliphatic carbocycles. The first-order valence-electron chi connectivity index (χ1n) is 8.42. The van der Waals surface area contributed by atoms with E-state index in [1.54, 1.807) is 24.3 Å². The Morgan fingerprint density at radius 1 is 1.04 bits per heavy atom. The fourth-order valence-electron chi connectivity index (χ4n) is 2.95. The van der Waals surface area contributed by atoms with Gasteiger partial charge in [0.15, 0.2) is 0 Å². The number of rotatable bonds is 0. The molecule has 1 atom stereocenters. The molecule has 1 unspecified atom stereocenters. The molecular weight excluding hydrogens is 332 g/mol. The first-order valence-corrected chi connectivity index (χ1v) is 8.42. The van der Waals surface area contributed by atoms with Crippen LogP contribution in [0.4, 0.5) is 0 Å². The molecular formula is C20H18N2O4. The summed E-state index contributed by atoms with van der Waals surface area (Å²) in [5.41, 5.74) is 3.92. The summed E-state index contributed by atoms with van der Waals surface area (Å²) in [7, 11) is 0. The zero-order chi connectivity index (χ0) is 17.9. The summed E-state index contributed by atoms with van der Waals surface area (Å²) in [6.07, 6.45) is -0.567. The van der Waals surface area contributed by atoms with Crippen molar-refractivity contribution < 1.29 is 14.9 Å². The van der Waals surface area contributed by atoms with E-state index >= 15 is 0 Å². The van der Waals surface area contributed by atoms with Gasteiger partial charge in [-0.05, 0) is 35.7 Å². The number of hydrogen-bond donors (Lipinski definition) is 1. The molecule has 1 aromatic heterocycles. The predicted octanol–water partition coefficient (Wildman–Crippen LogP) is 2.45. The summed E-state index contributed by atoms with van der Waals surface area (Å²) in [5.74, 6) is 0. The molecule has 2 aromatic carbocycles. The normalized spacial score (nSPS) is 17.2. The van der Waals surface area contributed by atoms with E-state index in [2.05, 4.69) is 5.10 Å². The SMILES string of the molecule is O=c1ccc2nn1Cc1cccc(c1)C(O)OOCCc1cccc-2c1. The van der Waals surface area contributed by atoms with Gasteiger partial charge in [-0.3, -0.25) is 4.79 Å². The molecule has 0 saturated heterocycles. The zero-order valence-electron chi connectivity index (χ0n) is 14.0. The van der Waals surface area contributed by atoms with Gasteiger partial charge in [-0.15, -0.1) is 0 Å². The average molecular weight is 350 g/mol. The van der Waals surface area contributed by atoms with E-state index in [-0.39, 0.29) is 5.56 Å². The summed E-state index contributed by atoms with van der Waals surface area (Å²) in [6, 6.07) is 18.3. The van der Waals surface area contributed by atoms with Gasteiger partial charge in [-0.1, -0.05) is 36.4 Å². The quantitative estimate of drug-likeness (QED) is 0.631. The van der Waals surface area contributed by atoms with E-state index in [1.807, 2.05) is 30.3 Å². The maximum absolute atomic E-state index is 12.2. The highest BCUT2D eigenvalue weighted by molar-refractivity contribution is 5.59. The molecule has 3 aromatic rings. The highest BCUT2D eigenvalue weighted by Gasteiger charge is 2.12. The number of benzene rings is 2. The van der Waals surface area contributed by atoms with Crippen LogP contribution in [0.1, 0.15) is 23.0 Å².